The molecule has 29 heavy (non-hydrogen) atoms. The number of carbonyl (C=O) groups is 1. The van der Waals surface area contributed by atoms with E-state index in [2.05, 4.69) is 10.3 Å². The minimum Gasteiger partial charge on any atom is -0.490 e. The van der Waals surface area contributed by atoms with Crippen molar-refractivity contribution in [3.05, 3.63) is 89.6 Å². The van der Waals surface area contributed by atoms with Crippen LogP contribution in [0.2, 0.25) is 0 Å². The summed E-state index contributed by atoms with van der Waals surface area (Å²) in [4.78, 5) is 16.8. The van der Waals surface area contributed by atoms with Crippen LogP contribution in [0.3, 0.4) is 0 Å². The van der Waals surface area contributed by atoms with Crippen LogP contribution in [0.5, 0.6) is 11.6 Å². The van der Waals surface area contributed by atoms with Gasteiger partial charge in [-0.2, -0.15) is 0 Å². The number of carbonyl (C=O) groups excluding carboxylic acids is 1. The van der Waals surface area contributed by atoms with Crippen LogP contribution >= 0.6 is 0 Å². The number of para-hydroxylation sites is 1. The van der Waals surface area contributed by atoms with Crippen LogP contribution in [0, 0.1) is 0 Å². The molecule has 6 nitrogen and oxygen atoms in total. The third-order valence-corrected chi connectivity index (χ3v) is 4.16. The van der Waals surface area contributed by atoms with Crippen LogP contribution in [0.1, 0.15) is 21.5 Å². The summed E-state index contributed by atoms with van der Waals surface area (Å²) in [6, 6.07) is 20.7. The lowest BCUT2D eigenvalue weighted by molar-refractivity contribution is 0.0943. The first-order valence-corrected chi connectivity index (χ1v) is 9.37. The lowest BCUT2D eigenvalue weighted by Gasteiger charge is -2.12. The van der Waals surface area contributed by atoms with Gasteiger partial charge < -0.3 is 19.5 Å². The van der Waals surface area contributed by atoms with Crippen LogP contribution < -0.4 is 14.8 Å². The second kappa shape index (κ2) is 10.8. The molecule has 0 fully saturated rings. The van der Waals surface area contributed by atoms with E-state index in [0.29, 0.717) is 43.6 Å². The summed E-state index contributed by atoms with van der Waals surface area (Å²) < 4.78 is 16.4. The molecular formula is C23H24N2O4. The van der Waals surface area contributed by atoms with Crippen molar-refractivity contribution in [2.45, 2.75) is 13.2 Å². The number of hydrogen-bond acceptors (Lipinski definition) is 5. The zero-order valence-corrected chi connectivity index (χ0v) is 16.3. The molecule has 0 aliphatic heterocycles. The van der Waals surface area contributed by atoms with E-state index in [9.17, 15) is 4.79 Å². The Hall–Kier alpha value is -3.38. The van der Waals surface area contributed by atoms with E-state index in [1.807, 2.05) is 48.5 Å². The zero-order chi connectivity index (χ0) is 20.3. The van der Waals surface area contributed by atoms with E-state index in [4.69, 9.17) is 14.2 Å². The summed E-state index contributed by atoms with van der Waals surface area (Å²) in [5.41, 5.74) is 2.45. The molecule has 0 spiro atoms. The summed E-state index contributed by atoms with van der Waals surface area (Å²) in [6.45, 7) is 1.64. The number of pyridine rings is 1. The van der Waals surface area contributed by atoms with Gasteiger partial charge in [0.2, 0.25) is 5.88 Å². The number of ether oxygens (including phenoxy) is 3. The normalized spacial score (nSPS) is 10.4. The van der Waals surface area contributed by atoms with Gasteiger partial charge in [-0.15, -0.1) is 0 Å². The van der Waals surface area contributed by atoms with Crippen molar-refractivity contribution >= 4 is 5.91 Å². The first kappa shape index (κ1) is 20.4. The quantitative estimate of drug-likeness (QED) is 0.534. The van der Waals surface area contributed by atoms with E-state index >= 15 is 0 Å². The van der Waals surface area contributed by atoms with Gasteiger partial charge >= 0.3 is 0 Å². The van der Waals surface area contributed by atoms with Crippen molar-refractivity contribution in [3.63, 3.8) is 0 Å². The van der Waals surface area contributed by atoms with Crippen molar-refractivity contribution in [2.24, 2.45) is 0 Å². The van der Waals surface area contributed by atoms with Gasteiger partial charge in [-0.3, -0.25) is 4.79 Å². The summed E-state index contributed by atoms with van der Waals surface area (Å²) in [5.74, 6) is 0.842. The Labute approximate surface area is 170 Å². The van der Waals surface area contributed by atoms with Crippen molar-refractivity contribution in [3.8, 4) is 11.6 Å². The molecule has 150 valence electrons. The number of nitrogens with one attached hydrogen (secondary N) is 1. The van der Waals surface area contributed by atoms with Gasteiger partial charge in [0, 0.05) is 25.9 Å². The van der Waals surface area contributed by atoms with Crippen molar-refractivity contribution < 1.29 is 19.0 Å². The number of hydrogen-bond donors (Lipinski definition) is 1. The number of methoxy groups -OCH3 is 1. The highest BCUT2D eigenvalue weighted by atomic mass is 16.5. The van der Waals surface area contributed by atoms with Gasteiger partial charge in [0.15, 0.2) is 0 Å². The molecule has 0 atom stereocenters. The third kappa shape index (κ3) is 6.33. The summed E-state index contributed by atoms with van der Waals surface area (Å²) in [6.07, 6.45) is 1.67. The highest BCUT2D eigenvalue weighted by molar-refractivity contribution is 5.96. The van der Waals surface area contributed by atoms with Crippen LogP contribution in [-0.2, 0) is 17.9 Å². The Kier molecular flexibility index (Phi) is 7.60. The minimum absolute atomic E-state index is 0.207. The van der Waals surface area contributed by atoms with Gasteiger partial charge in [-0.1, -0.05) is 42.5 Å². The fourth-order valence-corrected chi connectivity index (χ4v) is 2.66. The van der Waals surface area contributed by atoms with E-state index < -0.39 is 0 Å². The predicted octanol–water partition coefficient (Wildman–Crippen LogP) is 3.62. The summed E-state index contributed by atoms with van der Waals surface area (Å²) in [7, 11) is 1.61. The lowest BCUT2D eigenvalue weighted by atomic mass is 10.2. The molecule has 3 aromatic rings. The average molecular weight is 392 g/mol. The second-order valence-corrected chi connectivity index (χ2v) is 6.30. The molecule has 1 heterocycles. The Bertz CT molecular complexity index is 916. The standard InChI is InChI=1S/C23H24N2O4/c1-27-13-14-28-21-10-6-5-9-20(21)23(26)25-16-19-11-12-24-22(15-19)29-17-18-7-3-2-4-8-18/h2-12,15H,13-14,16-17H2,1H3,(H,25,26). The molecule has 0 bridgehead atoms. The molecule has 0 saturated carbocycles. The molecule has 6 heteroatoms. The number of aromatic nitrogens is 1. The maximum absolute atomic E-state index is 12.6. The predicted molar refractivity (Wildman–Crippen MR) is 110 cm³/mol. The van der Waals surface area contributed by atoms with Crippen molar-refractivity contribution in [1.29, 1.82) is 0 Å². The first-order chi connectivity index (χ1) is 14.3. The molecule has 1 N–H and O–H groups in total. The van der Waals surface area contributed by atoms with Crippen molar-refractivity contribution in [2.75, 3.05) is 20.3 Å². The van der Waals surface area contributed by atoms with E-state index in [1.165, 1.54) is 0 Å². The van der Waals surface area contributed by atoms with Crippen LogP contribution in [0.25, 0.3) is 0 Å². The molecule has 0 aliphatic carbocycles. The average Bonchev–Trinajstić information content (AvgIpc) is 2.77. The molecule has 0 radical (unpaired) electrons. The molecule has 0 aliphatic rings. The smallest absolute Gasteiger partial charge is 0.255 e. The Morgan fingerprint density at radius 1 is 0.931 bits per heavy atom. The second-order valence-electron chi connectivity index (χ2n) is 6.30. The van der Waals surface area contributed by atoms with E-state index in [1.54, 1.807) is 31.5 Å². The zero-order valence-electron chi connectivity index (χ0n) is 16.3. The maximum atomic E-state index is 12.6. The van der Waals surface area contributed by atoms with E-state index in [-0.39, 0.29) is 5.91 Å². The largest absolute Gasteiger partial charge is 0.490 e. The number of nitrogens with zero attached hydrogens (tertiary/aromatic N) is 1. The van der Waals surface area contributed by atoms with Crippen LogP contribution in [0.15, 0.2) is 72.9 Å². The Morgan fingerprint density at radius 3 is 2.55 bits per heavy atom. The fourth-order valence-electron chi connectivity index (χ4n) is 2.66. The molecular weight excluding hydrogens is 368 g/mol. The van der Waals surface area contributed by atoms with Crippen LogP contribution in [0.4, 0.5) is 0 Å². The van der Waals surface area contributed by atoms with Gasteiger partial charge in [0.25, 0.3) is 5.91 Å². The summed E-state index contributed by atoms with van der Waals surface area (Å²) in [5, 5.41) is 2.91. The van der Waals surface area contributed by atoms with E-state index in [0.717, 1.165) is 11.1 Å². The highest BCUT2D eigenvalue weighted by Crippen LogP contribution is 2.18. The van der Waals surface area contributed by atoms with Gasteiger partial charge in [0.05, 0.1) is 12.2 Å². The van der Waals surface area contributed by atoms with Crippen LogP contribution in [-0.4, -0.2) is 31.2 Å². The third-order valence-electron chi connectivity index (χ3n) is 4.16. The molecule has 3 rings (SSSR count). The fraction of sp³-hybridized carbons (Fsp3) is 0.217. The van der Waals surface area contributed by atoms with Crippen molar-refractivity contribution in [1.82, 2.24) is 10.3 Å². The number of rotatable bonds is 10. The summed E-state index contributed by atoms with van der Waals surface area (Å²) >= 11 is 0. The molecule has 0 unspecified atom stereocenters. The SMILES string of the molecule is COCCOc1ccccc1C(=O)NCc1ccnc(OCc2ccccc2)c1. The molecule has 1 amide bonds. The lowest BCUT2D eigenvalue weighted by Crippen LogP contribution is -2.23. The maximum Gasteiger partial charge on any atom is 0.255 e. The highest BCUT2D eigenvalue weighted by Gasteiger charge is 2.12. The minimum atomic E-state index is -0.207. The number of amides is 1. The molecule has 0 saturated heterocycles. The monoisotopic (exact) mass is 392 g/mol. The van der Waals surface area contributed by atoms with Gasteiger partial charge in [0.1, 0.15) is 19.0 Å². The Morgan fingerprint density at radius 2 is 1.72 bits per heavy atom. The molecule has 2 aromatic carbocycles. The Balaban J connectivity index is 1.56. The molecule has 1 aromatic heterocycles. The topological polar surface area (TPSA) is 69.7 Å². The first-order valence-electron chi connectivity index (χ1n) is 9.37. The van der Waals surface area contributed by atoms with Gasteiger partial charge in [-0.25, -0.2) is 4.98 Å². The van der Waals surface area contributed by atoms with Gasteiger partial charge in [-0.05, 0) is 29.3 Å². The number of benzene rings is 2.